The number of piperidine rings is 1. The Kier molecular flexibility index (Phi) is 4.72. The molecule has 1 amide bonds. The monoisotopic (exact) mass is 359 g/mol. The van der Waals surface area contributed by atoms with Crippen LogP contribution >= 0.6 is 11.6 Å². The first-order valence-corrected chi connectivity index (χ1v) is 9.30. The molecule has 1 unspecified atom stereocenters. The second-order valence-electron chi connectivity index (χ2n) is 6.74. The highest BCUT2D eigenvalue weighted by atomic mass is 35.5. The summed E-state index contributed by atoms with van der Waals surface area (Å²) >= 11 is 6.35. The minimum absolute atomic E-state index is 0.0187. The largest absolute Gasteiger partial charge is 0.330 e. The van der Waals surface area contributed by atoms with Gasteiger partial charge < -0.3 is 10.2 Å². The van der Waals surface area contributed by atoms with E-state index in [-0.39, 0.29) is 11.9 Å². The van der Waals surface area contributed by atoms with E-state index in [1.165, 1.54) is 0 Å². The van der Waals surface area contributed by atoms with Gasteiger partial charge in [-0.25, -0.2) is 4.68 Å². The summed E-state index contributed by atoms with van der Waals surface area (Å²) in [7, 11) is 0. The highest BCUT2D eigenvalue weighted by molar-refractivity contribution is 6.31. The summed E-state index contributed by atoms with van der Waals surface area (Å²) in [5, 5.41) is 12.4. The normalized spacial score (nSPS) is 21.6. The van der Waals surface area contributed by atoms with E-state index in [1.807, 2.05) is 33.8 Å². The molecule has 0 aliphatic carbocycles. The summed E-state index contributed by atoms with van der Waals surface area (Å²) < 4.78 is 1.86. The second kappa shape index (κ2) is 7.14. The number of hydrogen-bond donors (Lipinski definition) is 1. The van der Waals surface area contributed by atoms with Gasteiger partial charge in [-0.15, -0.1) is 5.10 Å². The van der Waals surface area contributed by atoms with Gasteiger partial charge in [-0.3, -0.25) is 4.79 Å². The van der Waals surface area contributed by atoms with E-state index >= 15 is 0 Å². The van der Waals surface area contributed by atoms with Crippen molar-refractivity contribution in [1.29, 1.82) is 0 Å². The Bertz CT molecular complexity index is 755. The SMILES string of the molecule is O=C(c1cn(C2CCNCC2)nn1)N1CCCC1c1ccccc1Cl. The van der Waals surface area contributed by atoms with Gasteiger partial charge in [0.25, 0.3) is 5.91 Å². The number of amides is 1. The van der Waals surface area contributed by atoms with Crippen molar-refractivity contribution in [2.24, 2.45) is 0 Å². The molecular weight excluding hydrogens is 338 g/mol. The summed E-state index contributed by atoms with van der Waals surface area (Å²) in [4.78, 5) is 14.9. The van der Waals surface area contributed by atoms with Crippen LogP contribution in [0, 0.1) is 0 Å². The number of hydrogen-bond acceptors (Lipinski definition) is 4. The van der Waals surface area contributed by atoms with Crippen molar-refractivity contribution in [3.8, 4) is 0 Å². The van der Waals surface area contributed by atoms with Crippen LogP contribution in [-0.2, 0) is 0 Å². The standard InChI is InChI=1S/C18H22ClN5O/c19-15-5-2-1-4-14(15)17-6-3-11-23(17)18(25)16-12-24(22-21-16)13-7-9-20-10-8-13/h1-2,4-5,12-13,17,20H,3,6-11H2. The van der Waals surface area contributed by atoms with Crippen LogP contribution in [0.2, 0.25) is 5.02 Å². The van der Waals surface area contributed by atoms with Gasteiger partial charge >= 0.3 is 0 Å². The van der Waals surface area contributed by atoms with Crippen LogP contribution in [0.25, 0.3) is 0 Å². The zero-order valence-corrected chi connectivity index (χ0v) is 14.8. The molecule has 7 heteroatoms. The Morgan fingerprint density at radius 3 is 2.80 bits per heavy atom. The lowest BCUT2D eigenvalue weighted by Gasteiger charge is -2.25. The molecule has 0 spiro atoms. The van der Waals surface area contributed by atoms with Crippen LogP contribution in [0.4, 0.5) is 0 Å². The molecule has 0 radical (unpaired) electrons. The van der Waals surface area contributed by atoms with E-state index in [2.05, 4.69) is 15.6 Å². The number of halogens is 1. The zero-order valence-electron chi connectivity index (χ0n) is 14.1. The van der Waals surface area contributed by atoms with Gasteiger partial charge in [-0.05, 0) is 50.4 Å². The molecule has 1 aromatic carbocycles. The molecule has 2 fully saturated rings. The number of nitrogens with one attached hydrogen (secondary N) is 1. The van der Waals surface area contributed by atoms with Gasteiger partial charge in [0.1, 0.15) is 0 Å². The Morgan fingerprint density at radius 1 is 1.20 bits per heavy atom. The van der Waals surface area contributed by atoms with Gasteiger partial charge in [-0.2, -0.15) is 0 Å². The molecule has 2 saturated heterocycles. The molecule has 2 aromatic rings. The van der Waals surface area contributed by atoms with Gasteiger partial charge in [0.2, 0.25) is 0 Å². The van der Waals surface area contributed by atoms with Crippen LogP contribution in [0.5, 0.6) is 0 Å². The first-order chi connectivity index (χ1) is 12.2. The number of nitrogens with zero attached hydrogens (tertiary/aromatic N) is 4. The van der Waals surface area contributed by atoms with Crippen LogP contribution < -0.4 is 5.32 Å². The van der Waals surface area contributed by atoms with Crippen LogP contribution in [0.15, 0.2) is 30.5 Å². The Hall–Kier alpha value is -1.92. The van der Waals surface area contributed by atoms with Crippen molar-refractivity contribution in [3.05, 3.63) is 46.7 Å². The summed E-state index contributed by atoms with van der Waals surface area (Å²) in [5.74, 6) is -0.0531. The second-order valence-corrected chi connectivity index (χ2v) is 7.15. The summed E-state index contributed by atoms with van der Waals surface area (Å²) in [5.41, 5.74) is 1.44. The number of aromatic nitrogens is 3. The molecule has 4 rings (SSSR count). The molecule has 2 aliphatic heterocycles. The molecule has 0 saturated carbocycles. The third kappa shape index (κ3) is 3.28. The first-order valence-electron chi connectivity index (χ1n) is 8.92. The molecular formula is C18H22ClN5O. The molecule has 2 aliphatic rings. The first kappa shape index (κ1) is 16.5. The van der Waals surface area contributed by atoms with E-state index in [4.69, 9.17) is 11.6 Å². The highest BCUT2D eigenvalue weighted by Crippen LogP contribution is 2.36. The lowest BCUT2D eigenvalue weighted by atomic mass is 10.0. The van der Waals surface area contributed by atoms with E-state index in [1.54, 1.807) is 6.20 Å². The quantitative estimate of drug-likeness (QED) is 0.915. The van der Waals surface area contributed by atoms with E-state index < -0.39 is 0 Å². The van der Waals surface area contributed by atoms with Gasteiger partial charge in [-0.1, -0.05) is 35.0 Å². The van der Waals surface area contributed by atoms with Crippen LogP contribution in [0.3, 0.4) is 0 Å². The summed E-state index contributed by atoms with van der Waals surface area (Å²) in [6.07, 6.45) is 5.74. The van der Waals surface area contributed by atoms with Crippen molar-refractivity contribution in [3.63, 3.8) is 0 Å². The maximum Gasteiger partial charge on any atom is 0.276 e. The van der Waals surface area contributed by atoms with Crippen molar-refractivity contribution in [1.82, 2.24) is 25.2 Å². The number of carbonyl (C=O) groups is 1. The fourth-order valence-electron chi connectivity index (χ4n) is 3.85. The van der Waals surface area contributed by atoms with Crippen LogP contribution in [-0.4, -0.2) is 45.4 Å². The Labute approximate surface area is 152 Å². The zero-order chi connectivity index (χ0) is 17.2. The average molecular weight is 360 g/mol. The molecule has 1 atom stereocenters. The van der Waals surface area contributed by atoms with Crippen molar-refractivity contribution in [2.45, 2.75) is 37.8 Å². The minimum atomic E-state index is -0.0531. The number of benzene rings is 1. The third-order valence-corrected chi connectivity index (χ3v) is 5.53. The summed E-state index contributed by atoms with van der Waals surface area (Å²) in [6.45, 7) is 2.69. The van der Waals surface area contributed by atoms with E-state index in [9.17, 15) is 4.79 Å². The van der Waals surface area contributed by atoms with Crippen LogP contribution in [0.1, 0.15) is 53.8 Å². The van der Waals surface area contributed by atoms with E-state index in [0.29, 0.717) is 16.8 Å². The minimum Gasteiger partial charge on any atom is -0.330 e. The van der Waals surface area contributed by atoms with Gasteiger partial charge in [0, 0.05) is 11.6 Å². The molecule has 6 nitrogen and oxygen atoms in total. The fourth-order valence-corrected chi connectivity index (χ4v) is 4.11. The molecule has 25 heavy (non-hydrogen) atoms. The highest BCUT2D eigenvalue weighted by Gasteiger charge is 2.33. The number of likely N-dealkylation sites (tertiary alicyclic amines) is 1. The molecule has 132 valence electrons. The smallest absolute Gasteiger partial charge is 0.276 e. The lowest BCUT2D eigenvalue weighted by molar-refractivity contribution is 0.0729. The summed E-state index contributed by atoms with van der Waals surface area (Å²) in [6, 6.07) is 8.11. The third-order valence-electron chi connectivity index (χ3n) is 5.19. The topological polar surface area (TPSA) is 63.1 Å². The maximum absolute atomic E-state index is 13.0. The van der Waals surface area contributed by atoms with Gasteiger partial charge in [0.05, 0.1) is 18.3 Å². The molecule has 0 bridgehead atoms. The maximum atomic E-state index is 13.0. The van der Waals surface area contributed by atoms with Crippen molar-refractivity contribution in [2.75, 3.05) is 19.6 Å². The van der Waals surface area contributed by atoms with Crippen molar-refractivity contribution < 1.29 is 4.79 Å². The Morgan fingerprint density at radius 2 is 2.00 bits per heavy atom. The van der Waals surface area contributed by atoms with Crippen molar-refractivity contribution >= 4 is 17.5 Å². The average Bonchev–Trinajstić information content (AvgIpc) is 3.32. The molecule has 1 aromatic heterocycles. The fraction of sp³-hybridized carbons (Fsp3) is 0.500. The number of carbonyl (C=O) groups excluding carboxylic acids is 1. The lowest BCUT2D eigenvalue weighted by Crippen LogP contribution is -2.31. The Balaban J connectivity index is 1.54. The predicted molar refractivity (Wildman–Crippen MR) is 95.6 cm³/mol. The van der Waals surface area contributed by atoms with Gasteiger partial charge in [0.15, 0.2) is 5.69 Å². The molecule has 1 N–H and O–H groups in total. The van der Waals surface area contributed by atoms with E-state index in [0.717, 1.165) is 50.9 Å². The molecule has 3 heterocycles. The predicted octanol–water partition coefficient (Wildman–Crippen LogP) is 2.83. The number of rotatable bonds is 3.